The number of fused-ring (bicyclic) bond motifs is 2. The molecule has 5 nitrogen and oxygen atoms in total. The number of methoxy groups -OCH3 is 2. The quantitative estimate of drug-likeness (QED) is 0.882. The fourth-order valence-electron chi connectivity index (χ4n) is 3.81. The Labute approximate surface area is 150 Å². The zero-order valence-electron chi connectivity index (χ0n) is 14.4. The van der Waals surface area contributed by atoms with E-state index in [1.165, 1.54) is 0 Å². The Morgan fingerprint density at radius 3 is 2.67 bits per heavy atom. The second kappa shape index (κ2) is 8.58. The molecule has 0 aromatic heterocycles. The van der Waals surface area contributed by atoms with Crippen molar-refractivity contribution in [3.63, 3.8) is 0 Å². The standard InChI is InChI=1S/C18H26N2O3.ClH/c1-22-16-7-3-13(11-17(16)23-2)4-8-18(21)20-14-5-6-15(20)12-19-10-9-14;/h3,7,11,14-15,19H,4-6,8-10,12H2,1-2H3;1H. The molecular formula is C18H27ClN2O3. The summed E-state index contributed by atoms with van der Waals surface area (Å²) < 4.78 is 10.6. The predicted octanol–water partition coefficient (Wildman–Crippen LogP) is 2.41. The van der Waals surface area contributed by atoms with Crippen molar-refractivity contribution in [3.05, 3.63) is 23.8 Å². The van der Waals surface area contributed by atoms with Crippen LogP contribution in [-0.2, 0) is 11.2 Å². The average Bonchev–Trinajstić information content (AvgIpc) is 2.85. The Hall–Kier alpha value is -1.46. The summed E-state index contributed by atoms with van der Waals surface area (Å²) in [6, 6.07) is 6.70. The van der Waals surface area contributed by atoms with Crippen molar-refractivity contribution in [2.45, 2.75) is 44.2 Å². The third-order valence-electron chi connectivity index (χ3n) is 5.02. The van der Waals surface area contributed by atoms with Crippen molar-refractivity contribution in [1.82, 2.24) is 10.2 Å². The van der Waals surface area contributed by atoms with Crippen molar-refractivity contribution in [2.24, 2.45) is 0 Å². The fraction of sp³-hybridized carbons (Fsp3) is 0.611. The molecule has 2 aliphatic rings. The number of aryl methyl sites for hydroxylation is 1. The van der Waals surface area contributed by atoms with E-state index in [1.807, 2.05) is 18.2 Å². The molecule has 1 N–H and O–H groups in total. The Morgan fingerprint density at radius 1 is 1.17 bits per heavy atom. The zero-order chi connectivity index (χ0) is 16.2. The van der Waals surface area contributed by atoms with E-state index >= 15 is 0 Å². The molecule has 2 bridgehead atoms. The van der Waals surface area contributed by atoms with Gasteiger partial charge < -0.3 is 19.7 Å². The lowest BCUT2D eigenvalue weighted by Gasteiger charge is -2.28. The van der Waals surface area contributed by atoms with Crippen LogP contribution in [0.25, 0.3) is 0 Å². The number of nitrogens with one attached hydrogen (secondary N) is 1. The molecule has 0 saturated carbocycles. The lowest BCUT2D eigenvalue weighted by Crippen LogP contribution is -2.42. The maximum atomic E-state index is 12.7. The molecule has 0 aliphatic carbocycles. The summed E-state index contributed by atoms with van der Waals surface area (Å²) in [7, 11) is 3.26. The average molecular weight is 355 g/mol. The van der Waals surface area contributed by atoms with Gasteiger partial charge in [-0.05, 0) is 49.9 Å². The van der Waals surface area contributed by atoms with Crippen LogP contribution in [0.5, 0.6) is 11.5 Å². The largest absolute Gasteiger partial charge is 0.493 e. The van der Waals surface area contributed by atoms with Gasteiger partial charge in [-0.2, -0.15) is 0 Å². The second-order valence-electron chi connectivity index (χ2n) is 6.37. The lowest BCUT2D eigenvalue weighted by atomic mass is 10.1. The minimum atomic E-state index is 0. The number of carbonyl (C=O) groups is 1. The van der Waals surface area contributed by atoms with Crippen LogP contribution in [0.3, 0.4) is 0 Å². The van der Waals surface area contributed by atoms with Crippen LogP contribution in [0.2, 0.25) is 0 Å². The molecule has 6 heteroatoms. The van der Waals surface area contributed by atoms with Gasteiger partial charge in [-0.25, -0.2) is 0 Å². The van der Waals surface area contributed by atoms with Gasteiger partial charge in [0.2, 0.25) is 5.91 Å². The first-order valence-corrected chi connectivity index (χ1v) is 8.45. The van der Waals surface area contributed by atoms with Crippen LogP contribution >= 0.6 is 12.4 Å². The summed E-state index contributed by atoms with van der Waals surface area (Å²) in [5, 5.41) is 3.44. The molecule has 2 unspecified atom stereocenters. The second-order valence-corrected chi connectivity index (χ2v) is 6.37. The minimum Gasteiger partial charge on any atom is -0.493 e. The van der Waals surface area contributed by atoms with Crippen molar-refractivity contribution >= 4 is 18.3 Å². The number of rotatable bonds is 5. The van der Waals surface area contributed by atoms with Gasteiger partial charge in [-0.15, -0.1) is 12.4 Å². The van der Waals surface area contributed by atoms with Crippen LogP contribution < -0.4 is 14.8 Å². The Morgan fingerprint density at radius 2 is 1.92 bits per heavy atom. The number of nitrogens with zero attached hydrogens (tertiary/aromatic N) is 1. The van der Waals surface area contributed by atoms with Gasteiger partial charge >= 0.3 is 0 Å². The lowest BCUT2D eigenvalue weighted by molar-refractivity contribution is -0.133. The van der Waals surface area contributed by atoms with Crippen LogP contribution in [0, 0.1) is 0 Å². The molecule has 1 aromatic carbocycles. The molecule has 1 amide bonds. The van der Waals surface area contributed by atoms with Crippen molar-refractivity contribution < 1.29 is 14.3 Å². The highest BCUT2D eigenvalue weighted by Gasteiger charge is 2.37. The smallest absolute Gasteiger partial charge is 0.223 e. The number of ether oxygens (including phenoxy) is 2. The fourth-order valence-corrected chi connectivity index (χ4v) is 3.81. The summed E-state index contributed by atoms with van der Waals surface area (Å²) in [4.78, 5) is 14.9. The summed E-state index contributed by atoms with van der Waals surface area (Å²) in [5.74, 6) is 1.73. The monoisotopic (exact) mass is 354 g/mol. The number of hydrogen-bond acceptors (Lipinski definition) is 4. The van der Waals surface area contributed by atoms with E-state index in [0.717, 1.165) is 55.8 Å². The van der Waals surface area contributed by atoms with E-state index in [9.17, 15) is 4.79 Å². The van der Waals surface area contributed by atoms with Crippen molar-refractivity contribution in [1.29, 1.82) is 0 Å². The molecule has 3 rings (SSSR count). The number of hydrogen-bond donors (Lipinski definition) is 1. The number of benzene rings is 1. The van der Waals surface area contributed by atoms with Gasteiger partial charge in [0, 0.05) is 25.0 Å². The molecule has 0 spiro atoms. The Balaban J connectivity index is 0.00000208. The maximum absolute atomic E-state index is 12.7. The van der Waals surface area contributed by atoms with Crippen LogP contribution in [0.15, 0.2) is 18.2 Å². The normalized spacial score (nSPS) is 22.5. The Kier molecular flexibility index (Phi) is 6.75. The number of halogens is 1. The number of amides is 1. The summed E-state index contributed by atoms with van der Waals surface area (Å²) >= 11 is 0. The first-order chi connectivity index (χ1) is 11.2. The van der Waals surface area contributed by atoms with Crippen LogP contribution in [0.4, 0.5) is 0 Å². The van der Waals surface area contributed by atoms with Gasteiger partial charge in [0.25, 0.3) is 0 Å². The predicted molar refractivity (Wildman–Crippen MR) is 96.3 cm³/mol. The summed E-state index contributed by atoms with van der Waals surface area (Å²) in [6.45, 7) is 1.97. The van der Waals surface area contributed by atoms with E-state index in [-0.39, 0.29) is 18.3 Å². The third kappa shape index (κ3) is 3.95. The topological polar surface area (TPSA) is 50.8 Å². The van der Waals surface area contributed by atoms with E-state index in [1.54, 1.807) is 14.2 Å². The van der Waals surface area contributed by atoms with Crippen LogP contribution in [0.1, 0.15) is 31.2 Å². The first-order valence-electron chi connectivity index (χ1n) is 8.45. The highest BCUT2D eigenvalue weighted by Crippen LogP contribution is 2.30. The molecule has 0 radical (unpaired) electrons. The minimum absolute atomic E-state index is 0. The van der Waals surface area contributed by atoms with Gasteiger partial charge in [-0.3, -0.25) is 4.79 Å². The molecule has 24 heavy (non-hydrogen) atoms. The number of carbonyl (C=O) groups excluding carboxylic acids is 1. The van der Waals surface area contributed by atoms with Gasteiger partial charge in [0.1, 0.15) is 0 Å². The molecular weight excluding hydrogens is 328 g/mol. The molecule has 134 valence electrons. The molecule has 2 atom stereocenters. The molecule has 2 heterocycles. The zero-order valence-corrected chi connectivity index (χ0v) is 15.2. The van der Waals surface area contributed by atoms with Crippen LogP contribution in [-0.4, -0.2) is 50.2 Å². The SMILES string of the molecule is COc1ccc(CCC(=O)N2C3CCNCC2CC3)cc1OC.Cl. The van der Waals surface area contributed by atoms with Crippen molar-refractivity contribution in [3.8, 4) is 11.5 Å². The van der Waals surface area contributed by atoms with Gasteiger partial charge in [-0.1, -0.05) is 6.07 Å². The van der Waals surface area contributed by atoms with E-state index in [2.05, 4.69) is 10.2 Å². The third-order valence-corrected chi connectivity index (χ3v) is 5.02. The molecule has 1 aromatic rings. The Bertz CT molecular complexity index is 553. The maximum Gasteiger partial charge on any atom is 0.223 e. The summed E-state index contributed by atoms with van der Waals surface area (Å²) in [6.07, 6.45) is 4.68. The van der Waals surface area contributed by atoms with Crippen molar-refractivity contribution in [2.75, 3.05) is 27.3 Å². The van der Waals surface area contributed by atoms with Gasteiger partial charge in [0.05, 0.1) is 14.2 Å². The highest BCUT2D eigenvalue weighted by atomic mass is 35.5. The first kappa shape index (κ1) is 18.9. The van der Waals surface area contributed by atoms with Gasteiger partial charge in [0.15, 0.2) is 11.5 Å². The molecule has 2 fully saturated rings. The van der Waals surface area contributed by atoms with E-state index in [0.29, 0.717) is 18.5 Å². The molecule has 2 aliphatic heterocycles. The molecule has 2 saturated heterocycles. The van der Waals surface area contributed by atoms with E-state index < -0.39 is 0 Å². The van der Waals surface area contributed by atoms with E-state index in [4.69, 9.17) is 9.47 Å². The highest BCUT2D eigenvalue weighted by molar-refractivity contribution is 5.85. The summed E-state index contributed by atoms with van der Waals surface area (Å²) in [5.41, 5.74) is 1.11.